The largest absolute Gasteiger partial charge is 0.416 e. The number of hydrogen-bond donors (Lipinski definition) is 0. The van der Waals surface area contributed by atoms with Crippen molar-refractivity contribution in [2.24, 2.45) is 0 Å². The molecule has 0 bridgehead atoms. The van der Waals surface area contributed by atoms with Crippen molar-refractivity contribution >= 4 is 5.78 Å². The van der Waals surface area contributed by atoms with Gasteiger partial charge in [-0.1, -0.05) is 6.07 Å². The summed E-state index contributed by atoms with van der Waals surface area (Å²) in [6.45, 7) is 0. The van der Waals surface area contributed by atoms with Gasteiger partial charge in [0.25, 0.3) is 0 Å². The number of alkyl halides is 3. The molecule has 0 spiro atoms. The average Bonchev–Trinajstić information content (AvgIpc) is 2.47. The van der Waals surface area contributed by atoms with Crippen molar-refractivity contribution in [2.75, 3.05) is 0 Å². The van der Waals surface area contributed by atoms with Gasteiger partial charge in [0.15, 0.2) is 0 Å². The van der Waals surface area contributed by atoms with Gasteiger partial charge in [0.2, 0.25) is 0 Å². The molecule has 0 atom stereocenters. The highest BCUT2D eigenvalue weighted by Gasteiger charge is 2.31. The van der Waals surface area contributed by atoms with Crippen LogP contribution >= 0.6 is 0 Å². The van der Waals surface area contributed by atoms with Crippen LogP contribution < -0.4 is 0 Å². The van der Waals surface area contributed by atoms with E-state index in [1.165, 1.54) is 6.07 Å². The zero-order valence-electron chi connectivity index (χ0n) is 12.1. The number of ketones is 1. The number of carbonyl (C=O) groups excluding carboxylic acids is 1. The maximum Gasteiger partial charge on any atom is 0.416 e. The SMILES string of the molecule is N#Cc1cc(F)cc(CC(=O)Cc2ccc(C(F)(F)F)cc2F)c1. The van der Waals surface area contributed by atoms with Crippen LogP contribution in [0.1, 0.15) is 22.3 Å². The summed E-state index contributed by atoms with van der Waals surface area (Å²) in [5, 5.41) is 8.74. The van der Waals surface area contributed by atoms with E-state index in [1.807, 2.05) is 0 Å². The van der Waals surface area contributed by atoms with Crippen molar-refractivity contribution in [3.63, 3.8) is 0 Å². The number of carbonyl (C=O) groups is 1. The smallest absolute Gasteiger partial charge is 0.299 e. The Labute approximate surface area is 134 Å². The number of nitrogens with zero attached hydrogens (tertiary/aromatic N) is 1. The Morgan fingerprint density at radius 2 is 1.75 bits per heavy atom. The minimum absolute atomic E-state index is 0.0403. The Morgan fingerprint density at radius 1 is 1.04 bits per heavy atom. The topological polar surface area (TPSA) is 40.9 Å². The molecule has 0 fully saturated rings. The van der Waals surface area contributed by atoms with Crippen LogP contribution in [0.2, 0.25) is 0 Å². The second-order valence-corrected chi connectivity index (χ2v) is 5.16. The molecule has 2 aromatic rings. The summed E-state index contributed by atoms with van der Waals surface area (Å²) in [6, 6.07) is 7.07. The first kappa shape index (κ1) is 17.6. The maximum absolute atomic E-state index is 13.7. The van der Waals surface area contributed by atoms with E-state index in [2.05, 4.69) is 0 Å². The molecule has 0 saturated heterocycles. The molecule has 0 N–H and O–H groups in total. The van der Waals surface area contributed by atoms with Gasteiger partial charge >= 0.3 is 6.18 Å². The van der Waals surface area contributed by atoms with Crippen LogP contribution in [0.3, 0.4) is 0 Å². The average molecular weight is 339 g/mol. The van der Waals surface area contributed by atoms with Crippen molar-refractivity contribution in [3.8, 4) is 6.07 Å². The number of halogens is 5. The third kappa shape index (κ3) is 4.38. The van der Waals surface area contributed by atoms with Crippen LogP contribution in [-0.4, -0.2) is 5.78 Å². The highest BCUT2D eigenvalue weighted by Crippen LogP contribution is 2.30. The lowest BCUT2D eigenvalue weighted by atomic mass is 10.00. The van der Waals surface area contributed by atoms with Crippen LogP contribution in [-0.2, 0) is 23.8 Å². The van der Waals surface area contributed by atoms with Gasteiger partial charge in [-0.3, -0.25) is 4.79 Å². The van der Waals surface area contributed by atoms with Gasteiger partial charge in [-0.05, 0) is 41.5 Å². The van der Waals surface area contributed by atoms with Crippen molar-refractivity contribution in [2.45, 2.75) is 19.0 Å². The molecule has 124 valence electrons. The lowest BCUT2D eigenvalue weighted by Crippen LogP contribution is -2.10. The molecule has 0 aliphatic heterocycles. The fourth-order valence-electron chi connectivity index (χ4n) is 2.19. The molecule has 2 nitrogen and oxygen atoms in total. The third-order valence-corrected chi connectivity index (χ3v) is 3.26. The standard InChI is InChI=1S/C17H10F5NO/c18-14-4-10(3-11(5-14)9-23)6-15(24)7-12-1-2-13(8-16(12)19)17(20,21)22/h1-5,8H,6-7H2. The molecule has 0 heterocycles. The first-order valence-corrected chi connectivity index (χ1v) is 6.76. The number of benzene rings is 2. The Hall–Kier alpha value is -2.75. The molecule has 0 amide bonds. The Morgan fingerprint density at radius 3 is 2.33 bits per heavy atom. The van der Waals surface area contributed by atoms with E-state index in [1.54, 1.807) is 6.07 Å². The number of nitriles is 1. The van der Waals surface area contributed by atoms with Gasteiger partial charge in [-0.2, -0.15) is 18.4 Å². The molecule has 0 aromatic heterocycles. The molecule has 0 radical (unpaired) electrons. The summed E-state index contributed by atoms with van der Waals surface area (Å²) in [7, 11) is 0. The van der Waals surface area contributed by atoms with Gasteiger partial charge in [0.1, 0.15) is 17.4 Å². The Balaban J connectivity index is 2.13. The summed E-state index contributed by atoms with van der Waals surface area (Å²) in [6.07, 6.45) is -5.35. The predicted molar refractivity (Wildman–Crippen MR) is 74.9 cm³/mol. The molecular formula is C17H10F5NO. The van der Waals surface area contributed by atoms with E-state index in [-0.39, 0.29) is 23.1 Å². The summed E-state index contributed by atoms with van der Waals surface area (Å²) in [5.41, 5.74) is -1.03. The van der Waals surface area contributed by atoms with Crippen molar-refractivity contribution < 1.29 is 26.7 Å². The number of hydrogen-bond acceptors (Lipinski definition) is 2. The first-order chi connectivity index (χ1) is 11.2. The van der Waals surface area contributed by atoms with E-state index in [0.29, 0.717) is 12.1 Å². The van der Waals surface area contributed by atoms with Crippen LogP contribution in [0.5, 0.6) is 0 Å². The summed E-state index contributed by atoms with van der Waals surface area (Å²) >= 11 is 0. The van der Waals surface area contributed by atoms with Crippen LogP contribution in [0.15, 0.2) is 36.4 Å². The second-order valence-electron chi connectivity index (χ2n) is 5.16. The molecule has 0 aliphatic carbocycles. The van der Waals surface area contributed by atoms with Crippen LogP contribution in [0.4, 0.5) is 22.0 Å². The fourth-order valence-corrected chi connectivity index (χ4v) is 2.19. The monoisotopic (exact) mass is 339 g/mol. The molecule has 2 rings (SSSR count). The molecular weight excluding hydrogens is 329 g/mol. The predicted octanol–water partition coefficient (Wildman–Crippen LogP) is 4.21. The van der Waals surface area contributed by atoms with E-state index in [4.69, 9.17) is 5.26 Å². The lowest BCUT2D eigenvalue weighted by molar-refractivity contribution is -0.137. The van der Waals surface area contributed by atoms with Gasteiger partial charge < -0.3 is 0 Å². The van der Waals surface area contributed by atoms with Gasteiger partial charge in [-0.25, -0.2) is 8.78 Å². The minimum Gasteiger partial charge on any atom is -0.299 e. The van der Waals surface area contributed by atoms with E-state index >= 15 is 0 Å². The molecule has 0 aliphatic rings. The van der Waals surface area contributed by atoms with Gasteiger partial charge in [-0.15, -0.1) is 0 Å². The summed E-state index contributed by atoms with van der Waals surface area (Å²) < 4.78 is 64.4. The van der Waals surface area contributed by atoms with Crippen LogP contribution in [0.25, 0.3) is 0 Å². The van der Waals surface area contributed by atoms with Crippen molar-refractivity contribution in [1.29, 1.82) is 5.26 Å². The Bertz CT molecular complexity index is 821. The lowest BCUT2D eigenvalue weighted by Gasteiger charge is -2.09. The van der Waals surface area contributed by atoms with E-state index < -0.39 is 35.6 Å². The molecule has 2 aromatic carbocycles. The maximum atomic E-state index is 13.7. The zero-order valence-corrected chi connectivity index (χ0v) is 12.1. The molecule has 24 heavy (non-hydrogen) atoms. The second kappa shape index (κ2) is 6.79. The highest BCUT2D eigenvalue weighted by molar-refractivity contribution is 5.83. The number of Topliss-reactive ketones (excluding diaryl/α,β-unsaturated/α-hetero) is 1. The minimum atomic E-state index is -4.67. The normalized spacial score (nSPS) is 11.2. The zero-order chi connectivity index (χ0) is 17.9. The first-order valence-electron chi connectivity index (χ1n) is 6.76. The highest BCUT2D eigenvalue weighted by atomic mass is 19.4. The van der Waals surface area contributed by atoms with Crippen molar-refractivity contribution in [1.82, 2.24) is 0 Å². The quantitative estimate of drug-likeness (QED) is 0.783. The van der Waals surface area contributed by atoms with Crippen LogP contribution in [0, 0.1) is 23.0 Å². The summed E-state index contributed by atoms with van der Waals surface area (Å²) in [5.74, 6) is -2.32. The van der Waals surface area contributed by atoms with Crippen molar-refractivity contribution in [3.05, 3.63) is 70.3 Å². The molecule has 7 heteroatoms. The van der Waals surface area contributed by atoms with E-state index in [0.717, 1.165) is 18.2 Å². The Kier molecular flexibility index (Phi) is 4.98. The van der Waals surface area contributed by atoms with Gasteiger partial charge in [0, 0.05) is 12.8 Å². The molecule has 0 saturated carbocycles. The third-order valence-electron chi connectivity index (χ3n) is 3.26. The summed E-state index contributed by atoms with van der Waals surface area (Å²) in [4.78, 5) is 11.9. The number of rotatable bonds is 4. The van der Waals surface area contributed by atoms with E-state index in [9.17, 15) is 26.7 Å². The van der Waals surface area contributed by atoms with Gasteiger partial charge in [0.05, 0.1) is 17.2 Å². The fraction of sp³-hybridized carbons (Fsp3) is 0.176. The molecule has 0 unspecified atom stereocenters.